The highest BCUT2D eigenvalue weighted by Crippen LogP contribution is 2.33. The first-order chi connectivity index (χ1) is 33.2. The number of anilines is 4. The van der Waals surface area contributed by atoms with Crippen molar-refractivity contribution in [3.05, 3.63) is 182 Å². The first-order valence-electron chi connectivity index (χ1n) is 20.9. The fraction of sp³-hybridized carbons (Fsp3) is 0.0833. The van der Waals surface area contributed by atoms with Crippen LogP contribution in [0.15, 0.2) is 171 Å². The van der Waals surface area contributed by atoms with Crippen molar-refractivity contribution in [2.24, 2.45) is 0 Å². The van der Waals surface area contributed by atoms with Crippen LogP contribution in [0.25, 0.3) is 56.1 Å². The van der Waals surface area contributed by atoms with E-state index in [1.54, 1.807) is 41.6 Å². The minimum Gasteiger partial charge on any atom is -0.397 e. The Morgan fingerprint density at radius 1 is 0.565 bits per heavy atom. The van der Waals surface area contributed by atoms with E-state index in [-0.39, 0.29) is 0 Å². The second kappa shape index (κ2) is 21.1. The molecule has 0 unspecified atom stereocenters. The Labute approximate surface area is 401 Å². The van der Waals surface area contributed by atoms with E-state index in [1.165, 1.54) is 6.20 Å². The van der Waals surface area contributed by atoms with Gasteiger partial charge in [0.1, 0.15) is 11.0 Å². The Morgan fingerprint density at radius 2 is 1.01 bits per heavy atom. The van der Waals surface area contributed by atoms with Crippen LogP contribution >= 0.6 is 10.7 Å². The lowest BCUT2D eigenvalue weighted by molar-refractivity contribution is 0.606. The normalized spacial score (nSPS) is 11.2. The van der Waals surface area contributed by atoms with Crippen LogP contribution in [0.5, 0.6) is 0 Å². The van der Waals surface area contributed by atoms with Gasteiger partial charge in [0.15, 0.2) is 23.3 Å². The fourth-order valence-electron chi connectivity index (χ4n) is 7.01. The maximum atomic E-state index is 11.6. The third kappa shape index (κ3) is 12.8. The number of pyridine rings is 4. The summed E-state index contributed by atoms with van der Waals surface area (Å²) in [7, 11) is -2.13. The van der Waals surface area contributed by atoms with Gasteiger partial charge in [-0.05, 0) is 59.7 Å². The van der Waals surface area contributed by atoms with Crippen molar-refractivity contribution in [2.45, 2.75) is 13.1 Å². The lowest BCUT2D eigenvalue weighted by Gasteiger charge is -2.12. The maximum absolute atomic E-state index is 11.6. The predicted octanol–water partition coefficient (Wildman–Crippen LogP) is 8.07. The molecule has 0 radical (unpaired) electrons. The van der Waals surface area contributed by atoms with Gasteiger partial charge in [-0.3, -0.25) is 24.7 Å². The van der Waals surface area contributed by atoms with Gasteiger partial charge in [-0.25, -0.2) is 35.8 Å². The largest absolute Gasteiger partial charge is 0.397 e. The molecule has 10 rings (SSSR count). The lowest BCUT2D eigenvalue weighted by atomic mass is 10.1. The zero-order valence-electron chi connectivity index (χ0n) is 37.0. The molecule has 0 fully saturated rings. The van der Waals surface area contributed by atoms with Crippen molar-refractivity contribution in [2.75, 3.05) is 33.6 Å². The Bertz CT molecular complexity index is 3560. The van der Waals surface area contributed by atoms with Crippen LogP contribution in [-0.4, -0.2) is 78.5 Å². The van der Waals surface area contributed by atoms with E-state index in [1.807, 2.05) is 120 Å². The highest BCUT2D eigenvalue weighted by Gasteiger charge is 2.18. The highest BCUT2D eigenvalue weighted by atomic mass is 35.7. The summed E-state index contributed by atoms with van der Waals surface area (Å²) in [6.45, 7) is 1.02. The number of nitrogens with zero attached hydrogens (tertiary/aromatic N) is 10. The van der Waals surface area contributed by atoms with Crippen LogP contribution in [0, 0.1) is 0 Å². The van der Waals surface area contributed by atoms with Crippen molar-refractivity contribution in [1.82, 2.24) is 49.1 Å². The second-order valence-corrected chi connectivity index (χ2v) is 20.0. The molecule has 69 heavy (non-hydrogen) atoms. The maximum Gasteiger partial charge on any atom is 0.229 e. The van der Waals surface area contributed by atoms with Crippen molar-refractivity contribution >= 4 is 63.8 Å². The number of nitrogen functional groups attached to an aromatic ring is 1. The van der Waals surface area contributed by atoms with Crippen LogP contribution < -0.4 is 21.1 Å². The molecule has 10 aromatic rings. The SMILES string of the molecule is CS(=O)(=O)Cl.CS(=O)(=O)Nc1cncc(-c2nc(NCc3ccccn3)c3c(-c4ccccc4)ccn3n2)c1.Nc1cncc(-c2nc(NCc3ccccn3)c3c(-c4ccccc4)ccn3n2)c1. The van der Waals surface area contributed by atoms with Crippen molar-refractivity contribution in [3.63, 3.8) is 0 Å². The van der Waals surface area contributed by atoms with Crippen LogP contribution in [0.2, 0.25) is 0 Å². The quantitative estimate of drug-likeness (QED) is 0.0846. The third-order valence-electron chi connectivity index (χ3n) is 9.84. The molecule has 8 aromatic heterocycles. The minimum atomic E-state index is -3.44. The average Bonchev–Trinajstić information content (AvgIpc) is 3.98. The fourth-order valence-corrected chi connectivity index (χ4v) is 7.55. The average molecular weight is 980 g/mol. The molecule has 0 amide bonds. The van der Waals surface area contributed by atoms with Gasteiger partial charge in [-0.1, -0.05) is 72.8 Å². The molecule has 5 N–H and O–H groups in total. The summed E-state index contributed by atoms with van der Waals surface area (Å²) in [4.78, 5) is 26.7. The van der Waals surface area contributed by atoms with E-state index in [4.69, 9.17) is 20.8 Å². The molecule has 0 saturated carbocycles. The highest BCUT2D eigenvalue weighted by molar-refractivity contribution is 8.13. The summed E-state index contributed by atoms with van der Waals surface area (Å²) < 4.78 is 48.1. The Hall–Kier alpha value is -8.33. The van der Waals surface area contributed by atoms with E-state index < -0.39 is 19.1 Å². The molecule has 0 bridgehead atoms. The summed E-state index contributed by atoms with van der Waals surface area (Å²) >= 11 is 0. The molecule has 21 heteroatoms. The van der Waals surface area contributed by atoms with Gasteiger partial charge in [-0.15, -0.1) is 10.2 Å². The number of aromatic nitrogens is 10. The first-order valence-corrected chi connectivity index (χ1v) is 25.6. The number of rotatable bonds is 12. The molecular weight excluding hydrogens is 936 g/mol. The molecule has 0 aliphatic carbocycles. The summed E-state index contributed by atoms with van der Waals surface area (Å²) in [5, 5.41) is 16.2. The standard InChI is InChI=1S/C24H21N7O2S.C23H19N7.CH3ClO2S/c1-34(32,33)30-20-13-18(14-25-15-20)23-28-24(27-16-19-9-5-6-11-26-19)22-21(10-12-31(22)29-23)17-7-3-2-4-8-17;24-18-12-17(13-25-14-18)22-28-23(27-15-19-8-4-5-10-26-19)21-20(9-11-30(21)29-22)16-6-2-1-3-7-16;1-5(2,3)4/h2-15,30H,16H2,1H3,(H,27,28,29);1-14H,15,24H2,(H,27,28,29);1H3. The lowest BCUT2D eigenvalue weighted by Crippen LogP contribution is -2.10. The van der Waals surface area contributed by atoms with E-state index in [2.05, 4.69) is 63.2 Å². The molecule has 0 saturated heterocycles. The zero-order chi connectivity index (χ0) is 48.4. The minimum absolute atomic E-state index is 0.337. The van der Waals surface area contributed by atoms with Gasteiger partial charge in [0.2, 0.25) is 19.1 Å². The second-order valence-electron chi connectivity index (χ2n) is 15.2. The first kappa shape index (κ1) is 47.2. The van der Waals surface area contributed by atoms with Gasteiger partial charge in [0, 0.05) is 76.3 Å². The van der Waals surface area contributed by atoms with Crippen LogP contribution in [0.1, 0.15) is 11.4 Å². The number of hydrogen-bond acceptors (Lipinski definition) is 15. The van der Waals surface area contributed by atoms with Gasteiger partial charge in [-0.2, -0.15) is 0 Å². The summed E-state index contributed by atoms with van der Waals surface area (Å²) in [6, 6.07) is 39.3. The number of halogens is 1. The van der Waals surface area contributed by atoms with E-state index >= 15 is 0 Å². The van der Waals surface area contributed by atoms with Crippen molar-refractivity contribution in [1.29, 1.82) is 0 Å². The number of sulfonamides is 1. The molecule has 0 aliphatic heterocycles. The number of fused-ring (bicyclic) bond motifs is 2. The Balaban J connectivity index is 0.000000171. The molecule has 0 aliphatic rings. The van der Waals surface area contributed by atoms with Gasteiger partial charge in [0.05, 0.1) is 54.6 Å². The predicted molar refractivity (Wildman–Crippen MR) is 270 cm³/mol. The molecule has 0 atom stereocenters. The summed E-state index contributed by atoms with van der Waals surface area (Å²) in [5.74, 6) is 2.29. The molecular formula is C48H43ClN14O4S2. The monoisotopic (exact) mass is 978 g/mol. The number of benzene rings is 2. The van der Waals surface area contributed by atoms with E-state index in [0.29, 0.717) is 47.5 Å². The van der Waals surface area contributed by atoms with E-state index in [0.717, 1.165) is 68.6 Å². The van der Waals surface area contributed by atoms with E-state index in [9.17, 15) is 16.8 Å². The molecule has 2 aromatic carbocycles. The number of nitrogens with two attached hydrogens (primary N) is 1. The summed E-state index contributed by atoms with van der Waals surface area (Å²) in [5.41, 5.74) is 15.9. The number of nitrogens with one attached hydrogen (secondary N) is 3. The molecule has 348 valence electrons. The third-order valence-corrected chi connectivity index (χ3v) is 10.4. The van der Waals surface area contributed by atoms with Crippen molar-refractivity contribution in [3.8, 4) is 45.0 Å². The molecule has 0 spiro atoms. The smallest absolute Gasteiger partial charge is 0.229 e. The summed E-state index contributed by atoms with van der Waals surface area (Å²) in [6.07, 6.45) is 15.7. The van der Waals surface area contributed by atoms with Gasteiger partial charge >= 0.3 is 0 Å². The van der Waals surface area contributed by atoms with Crippen LogP contribution in [-0.2, 0) is 32.2 Å². The topological polar surface area (TPSA) is 242 Å². The molecule has 8 heterocycles. The zero-order valence-corrected chi connectivity index (χ0v) is 39.3. The van der Waals surface area contributed by atoms with Gasteiger partial charge < -0.3 is 16.4 Å². The number of hydrogen-bond donors (Lipinski definition) is 4. The van der Waals surface area contributed by atoms with Crippen LogP contribution in [0.3, 0.4) is 0 Å². The molecule has 18 nitrogen and oxygen atoms in total. The van der Waals surface area contributed by atoms with Gasteiger partial charge in [0.25, 0.3) is 0 Å². The Kier molecular flexibility index (Phi) is 14.4. The Morgan fingerprint density at radius 3 is 1.45 bits per heavy atom. The van der Waals surface area contributed by atoms with Crippen LogP contribution in [0.4, 0.5) is 23.0 Å². The van der Waals surface area contributed by atoms with Crippen molar-refractivity contribution < 1.29 is 16.8 Å².